The van der Waals surface area contributed by atoms with Crippen molar-refractivity contribution in [3.63, 3.8) is 0 Å². The van der Waals surface area contributed by atoms with Crippen LogP contribution in [-0.4, -0.2) is 44.5 Å². The molecule has 29 heavy (non-hydrogen) atoms. The quantitative estimate of drug-likeness (QED) is 0.813. The van der Waals surface area contributed by atoms with E-state index < -0.39 is 10.0 Å². The van der Waals surface area contributed by atoms with Gasteiger partial charge in [0.25, 0.3) is 5.91 Å². The average Bonchev–Trinajstić information content (AvgIpc) is 2.67. The Morgan fingerprint density at radius 2 is 1.69 bits per heavy atom. The first-order chi connectivity index (χ1) is 13.7. The van der Waals surface area contributed by atoms with Crippen LogP contribution in [0.25, 0.3) is 0 Å². The minimum atomic E-state index is -3.61. The van der Waals surface area contributed by atoms with Gasteiger partial charge in [-0.2, -0.15) is 0 Å². The molecule has 2 atom stereocenters. The molecule has 0 bridgehead atoms. The largest absolute Gasteiger partial charge is 0.372 e. The van der Waals surface area contributed by atoms with Gasteiger partial charge in [-0.05, 0) is 62.6 Å². The lowest BCUT2D eigenvalue weighted by Crippen LogP contribution is -2.48. The number of benzene rings is 2. The van der Waals surface area contributed by atoms with Crippen molar-refractivity contribution in [3.8, 4) is 0 Å². The molecule has 156 valence electrons. The molecule has 1 aliphatic rings. The molecule has 1 aliphatic heterocycles. The highest BCUT2D eigenvalue weighted by atomic mass is 32.2. The summed E-state index contributed by atoms with van der Waals surface area (Å²) in [6.07, 6.45) is 0.0305. The fourth-order valence-electron chi connectivity index (χ4n) is 3.54. The fourth-order valence-corrected chi connectivity index (χ4v) is 4.89. The van der Waals surface area contributed by atoms with Crippen LogP contribution in [0.3, 0.4) is 0 Å². The number of nitrogens with one attached hydrogen (secondary N) is 1. The molecule has 2 aromatic carbocycles. The maximum atomic E-state index is 12.7. The van der Waals surface area contributed by atoms with Crippen molar-refractivity contribution >= 4 is 15.9 Å². The van der Waals surface area contributed by atoms with Gasteiger partial charge in [0.15, 0.2) is 0 Å². The third-order valence-corrected chi connectivity index (χ3v) is 6.55. The number of rotatable bonds is 5. The highest BCUT2D eigenvalue weighted by molar-refractivity contribution is 7.89. The normalized spacial score (nSPS) is 19.9. The summed E-state index contributed by atoms with van der Waals surface area (Å²) in [4.78, 5) is 14.8. The monoisotopic (exact) mass is 416 g/mol. The van der Waals surface area contributed by atoms with Crippen LogP contribution >= 0.6 is 0 Å². The number of hydrogen-bond donors (Lipinski definition) is 1. The zero-order valence-corrected chi connectivity index (χ0v) is 18.1. The molecule has 1 N–H and O–H groups in total. The molecular formula is C22H28N2O4S. The zero-order chi connectivity index (χ0) is 21.2. The summed E-state index contributed by atoms with van der Waals surface area (Å²) in [6.45, 7) is 8.87. The molecular weight excluding hydrogens is 388 g/mol. The number of aryl methyl sites for hydroxylation is 2. The molecule has 0 saturated carbocycles. The average molecular weight is 417 g/mol. The first-order valence-corrected chi connectivity index (χ1v) is 11.2. The van der Waals surface area contributed by atoms with E-state index in [4.69, 9.17) is 4.74 Å². The number of ether oxygens (including phenoxy) is 1. The first-order valence-electron chi connectivity index (χ1n) is 9.76. The lowest BCUT2D eigenvalue weighted by molar-refractivity contribution is -0.0586. The molecule has 0 unspecified atom stereocenters. The third-order valence-electron chi connectivity index (χ3n) is 5.01. The van der Waals surface area contributed by atoms with E-state index in [1.165, 1.54) is 0 Å². The summed E-state index contributed by atoms with van der Waals surface area (Å²) >= 11 is 0. The molecule has 1 amide bonds. The van der Waals surface area contributed by atoms with Gasteiger partial charge in [0.1, 0.15) is 0 Å². The maximum absolute atomic E-state index is 12.7. The molecule has 1 fully saturated rings. The highest BCUT2D eigenvalue weighted by Gasteiger charge is 2.26. The highest BCUT2D eigenvalue weighted by Crippen LogP contribution is 2.18. The van der Waals surface area contributed by atoms with Crippen LogP contribution in [0.1, 0.15) is 40.9 Å². The van der Waals surface area contributed by atoms with Crippen molar-refractivity contribution in [3.05, 3.63) is 64.7 Å². The molecule has 2 aromatic rings. The number of amides is 1. The van der Waals surface area contributed by atoms with E-state index in [1.54, 1.807) is 48.2 Å². The van der Waals surface area contributed by atoms with Gasteiger partial charge in [0.2, 0.25) is 10.0 Å². The Morgan fingerprint density at radius 3 is 2.31 bits per heavy atom. The van der Waals surface area contributed by atoms with Gasteiger partial charge >= 0.3 is 0 Å². The Bertz CT molecular complexity index is 976. The second-order valence-corrected chi connectivity index (χ2v) is 9.49. The van der Waals surface area contributed by atoms with E-state index in [2.05, 4.69) is 4.72 Å². The minimum absolute atomic E-state index is 0.0152. The van der Waals surface area contributed by atoms with Gasteiger partial charge < -0.3 is 9.64 Å². The Morgan fingerprint density at radius 1 is 1.07 bits per heavy atom. The molecule has 0 radical (unpaired) electrons. The van der Waals surface area contributed by atoms with E-state index in [0.29, 0.717) is 29.1 Å². The van der Waals surface area contributed by atoms with E-state index in [-0.39, 0.29) is 24.7 Å². The minimum Gasteiger partial charge on any atom is -0.372 e. The molecule has 3 rings (SSSR count). The Hall–Kier alpha value is -2.22. The zero-order valence-electron chi connectivity index (χ0n) is 17.3. The van der Waals surface area contributed by atoms with Crippen molar-refractivity contribution in [1.29, 1.82) is 0 Å². The van der Waals surface area contributed by atoms with Crippen LogP contribution in [0.4, 0.5) is 0 Å². The van der Waals surface area contributed by atoms with Crippen molar-refractivity contribution in [2.24, 2.45) is 0 Å². The Kier molecular flexibility index (Phi) is 6.41. The van der Waals surface area contributed by atoms with Crippen LogP contribution in [0, 0.1) is 13.8 Å². The van der Waals surface area contributed by atoms with E-state index in [9.17, 15) is 13.2 Å². The number of sulfonamides is 1. The molecule has 1 heterocycles. The maximum Gasteiger partial charge on any atom is 0.254 e. The van der Waals surface area contributed by atoms with Gasteiger partial charge in [-0.3, -0.25) is 4.79 Å². The van der Waals surface area contributed by atoms with Gasteiger partial charge in [0.05, 0.1) is 17.1 Å². The summed E-state index contributed by atoms with van der Waals surface area (Å²) in [5.74, 6) is -0.0329. The summed E-state index contributed by atoms with van der Waals surface area (Å²) in [6, 6.07) is 12.4. The van der Waals surface area contributed by atoms with Crippen LogP contribution in [0.15, 0.2) is 47.4 Å². The van der Waals surface area contributed by atoms with Crippen molar-refractivity contribution in [2.45, 2.75) is 51.3 Å². The second-order valence-electron chi connectivity index (χ2n) is 7.76. The lowest BCUT2D eigenvalue weighted by Gasteiger charge is -2.35. The van der Waals surface area contributed by atoms with Crippen LogP contribution < -0.4 is 4.72 Å². The first kappa shape index (κ1) is 21.5. The van der Waals surface area contributed by atoms with Crippen molar-refractivity contribution in [2.75, 3.05) is 13.1 Å². The second kappa shape index (κ2) is 8.65. The topological polar surface area (TPSA) is 75.7 Å². The Balaban J connectivity index is 1.66. The standard InChI is InChI=1S/C22H28N2O4S/c1-15-5-6-16(2)21(11-15)29(26,27)23-12-19-7-9-20(10-8-19)22(25)24-13-17(3)28-18(4)14-24/h5-11,17-18,23H,12-14H2,1-4H3/t17-,18+. The van der Waals surface area contributed by atoms with Gasteiger partial charge in [-0.15, -0.1) is 0 Å². The van der Waals surface area contributed by atoms with Gasteiger partial charge in [0, 0.05) is 25.2 Å². The summed E-state index contributed by atoms with van der Waals surface area (Å²) < 4.78 is 33.6. The summed E-state index contributed by atoms with van der Waals surface area (Å²) in [5.41, 5.74) is 2.98. The van der Waals surface area contributed by atoms with Crippen LogP contribution in [0.2, 0.25) is 0 Å². The molecule has 6 nitrogen and oxygen atoms in total. The lowest BCUT2D eigenvalue weighted by atomic mass is 10.1. The number of morpholine rings is 1. The third kappa shape index (κ3) is 5.23. The Labute approximate surface area is 172 Å². The SMILES string of the molecule is Cc1ccc(C)c(S(=O)(=O)NCc2ccc(C(=O)N3C[C@@H](C)O[C@@H](C)C3)cc2)c1. The number of carbonyl (C=O) groups is 1. The van der Waals surface area contributed by atoms with Crippen LogP contribution in [-0.2, 0) is 21.3 Å². The fraction of sp³-hybridized carbons (Fsp3) is 0.409. The van der Waals surface area contributed by atoms with Gasteiger partial charge in [-0.1, -0.05) is 24.3 Å². The number of nitrogens with zero attached hydrogens (tertiary/aromatic N) is 1. The van der Waals surface area contributed by atoms with Gasteiger partial charge in [-0.25, -0.2) is 13.1 Å². The predicted octanol–water partition coefficient (Wildman–Crippen LogP) is 3.03. The molecule has 0 spiro atoms. The predicted molar refractivity (Wildman–Crippen MR) is 112 cm³/mol. The number of carbonyl (C=O) groups excluding carboxylic acids is 1. The molecule has 0 aliphatic carbocycles. The number of hydrogen-bond acceptors (Lipinski definition) is 4. The smallest absolute Gasteiger partial charge is 0.254 e. The van der Waals surface area contributed by atoms with E-state index in [1.807, 2.05) is 26.8 Å². The van der Waals surface area contributed by atoms with Crippen molar-refractivity contribution in [1.82, 2.24) is 9.62 Å². The molecule has 1 saturated heterocycles. The van der Waals surface area contributed by atoms with Crippen LogP contribution in [0.5, 0.6) is 0 Å². The molecule has 7 heteroatoms. The van der Waals surface area contributed by atoms with E-state index >= 15 is 0 Å². The van der Waals surface area contributed by atoms with E-state index in [0.717, 1.165) is 11.1 Å². The molecule has 0 aromatic heterocycles. The van der Waals surface area contributed by atoms with Crippen molar-refractivity contribution < 1.29 is 17.9 Å². The summed E-state index contributed by atoms with van der Waals surface area (Å²) in [7, 11) is -3.61. The summed E-state index contributed by atoms with van der Waals surface area (Å²) in [5, 5.41) is 0.